The molecule has 0 nitrogen and oxygen atoms in total. The van der Waals surface area contributed by atoms with Gasteiger partial charge in [0.15, 0.2) is 0 Å². The lowest BCUT2D eigenvalue weighted by molar-refractivity contribution is 0.302. The van der Waals surface area contributed by atoms with Crippen LogP contribution in [0.2, 0.25) is 0 Å². The van der Waals surface area contributed by atoms with Crippen LogP contribution in [0.3, 0.4) is 0 Å². The highest BCUT2D eigenvalue weighted by Gasteiger charge is 2.31. The molecule has 0 heterocycles. The van der Waals surface area contributed by atoms with Gasteiger partial charge in [-0.1, -0.05) is 317 Å². The summed E-state index contributed by atoms with van der Waals surface area (Å²) in [6.45, 7) is 18.3. The molecule has 8 saturated carbocycles. The van der Waals surface area contributed by atoms with Crippen LogP contribution < -0.4 is 0 Å². The maximum absolute atomic E-state index is 15.1. The van der Waals surface area contributed by atoms with Crippen LogP contribution in [0.5, 0.6) is 0 Å². The van der Waals surface area contributed by atoms with Gasteiger partial charge in [-0.05, 0) is 391 Å². The average Bonchev–Trinajstić information content (AvgIpc) is 0.818. The summed E-state index contributed by atoms with van der Waals surface area (Å²) >= 11 is 0. The molecule has 8 aromatic rings. The van der Waals surface area contributed by atoms with Gasteiger partial charge in [-0.2, -0.15) is 0 Å². The molecule has 126 heavy (non-hydrogen) atoms. The molecule has 16 rings (SSSR count). The summed E-state index contributed by atoms with van der Waals surface area (Å²) in [5.41, 5.74) is 17.7. The Morgan fingerprint density at radius 3 is 0.532 bits per heavy atom. The quantitative estimate of drug-likeness (QED) is 0.0311. The molecule has 8 fully saturated rings. The smallest absolute Gasteiger partial charge is 0.131 e. The van der Waals surface area contributed by atoms with Gasteiger partial charge < -0.3 is 0 Å². The van der Waals surface area contributed by atoms with Crippen molar-refractivity contribution in [2.75, 3.05) is 0 Å². The fraction of sp³-hybridized carbons (Fsp3) is 0.607. The molecule has 0 aromatic heterocycles. The summed E-state index contributed by atoms with van der Waals surface area (Å²) in [5, 5.41) is 0. The monoisotopic (exact) mass is 1710 g/mol. The van der Waals surface area contributed by atoms with Crippen LogP contribution in [0.4, 0.5) is 17.6 Å². The van der Waals surface area contributed by atoms with E-state index in [2.05, 4.69) is 177 Å². The summed E-state index contributed by atoms with van der Waals surface area (Å²) in [4.78, 5) is 0. The minimum atomic E-state index is -0.0575. The van der Waals surface area contributed by atoms with E-state index in [1.807, 2.05) is 48.5 Å². The maximum Gasteiger partial charge on any atom is 0.131 e. The molecule has 0 atom stereocenters. The zero-order valence-corrected chi connectivity index (χ0v) is 80.3. The van der Waals surface area contributed by atoms with Crippen LogP contribution in [0.1, 0.15) is 468 Å². The van der Waals surface area contributed by atoms with Crippen molar-refractivity contribution in [2.24, 2.45) is 47.3 Å². The highest BCUT2D eigenvalue weighted by molar-refractivity contribution is 5.68. The summed E-state index contributed by atoms with van der Waals surface area (Å²) in [7, 11) is 0. The van der Waals surface area contributed by atoms with Crippen LogP contribution in [0.25, 0.3) is 44.5 Å². The number of benzene rings is 8. The van der Waals surface area contributed by atoms with E-state index in [9.17, 15) is 0 Å². The van der Waals surface area contributed by atoms with Gasteiger partial charge in [0.1, 0.15) is 23.3 Å². The summed E-state index contributed by atoms with van der Waals surface area (Å²) in [6, 6.07) is 59.3. The molecule has 0 aliphatic heterocycles. The predicted molar refractivity (Wildman–Crippen MR) is 533 cm³/mol. The van der Waals surface area contributed by atoms with Gasteiger partial charge in [0.25, 0.3) is 0 Å². The summed E-state index contributed by atoms with van der Waals surface area (Å²) < 4.78 is 60.3. The van der Waals surface area contributed by atoms with Crippen LogP contribution in [-0.4, -0.2) is 0 Å². The zero-order valence-electron chi connectivity index (χ0n) is 80.3. The summed E-state index contributed by atoms with van der Waals surface area (Å²) in [5.74, 6) is 12.1. The number of hydrogen-bond acceptors (Lipinski definition) is 0. The average molecular weight is 1710 g/mol. The molecule has 0 spiro atoms. The number of hydrogen-bond donors (Lipinski definition) is 0. The molecule has 0 saturated heterocycles. The Bertz CT molecular complexity index is 4390. The molecule has 8 aromatic carbocycles. The zero-order chi connectivity index (χ0) is 87.9. The Morgan fingerprint density at radius 1 is 0.175 bits per heavy atom. The third-order valence-electron chi connectivity index (χ3n) is 33.6. The second kappa shape index (κ2) is 50.8. The van der Waals surface area contributed by atoms with E-state index in [1.54, 1.807) is 0 Å². The van der Waals surface area contributed by atoms with Crippen LogP contribution in [0, 0.1) is 70.6 Å². The molecule has 4 heteroatoms. The van der Waals surface area contributed by atoms with E-state index in [-0.39, 0.29) is 23.3 Å². The largest absolute Gasteiger partial charge is 0.206 e. The standard InChI is InChI=1S/C32H45F.C31H43F.C30H41F.C29H39F/c1-3-5-6-8-25-11-15-28(16-12-25)30-21-22-31(32(33)23-30)29-19-17-27(18-20-29)26-13-9-24(7-4-2)10-14-26;1-3-5-7-24-10-14-27(15-11-24)29-20-21-30(31(32)22-29)28-18-16-26(17-19-28)25-12-8-23(6-4-2)9-13-25;1-3-5-22-7-11-24(12-8-22)25-15-17-27(18-16-25)29-20-19-28(21-30(29)31)26-13-9-23(6-4-2)10-14-26;1-3-5-22-8-12-23(13-9-22)24-14-16-26(17-15-24)28-19-18-27(20-29(28)30)25-10-6-21(4-2)7-11-25/h17-26,28H,3-16H2,1-2H3;16-25,27H,3-15H2,1-2H3;15-24,26H,3-14H2,1-2H3;14-23,25H,3-13H2,1-2H3. The molecule has 0 N–H and O–H groups in total. The predicted octanol–water partition coefficient (Wildman–Crippen LogP) is 39.3. The van der Waals surface area contributed by atoms with Crippen molar-refractivity contribution in [3.8, 4) is 44.5 Å². The van der Waals surface area contributed by atoms with Crippen molar-refractivity contribution in [3.05, 3.63) is 238 Å². The van der Waals surface area contributed by atoms with Gasteiger partial charge in [0.05, 0.1) is 0 Å². The van der Waals surface area contributed by atoms with Crippen molar-refractivity contribution in [2.45, 2.75) is 424 Å². The Morgan fingerprint density at radius 2 is 0.349 bits per heavy atom. The van der Waals surface area contributed by atoms with Crippen LogP contribution >= 0.6 is 0 Å². The first-order valence-electron chi connectivity index (χ1n) is 53.3. The number of halogens is 4. The summed E-state index contributed by atoms with van der Waals surface area (Å²) in [6.07, 6.45) is 66.0. The molecular weight excluding hydrogens is 1540 g/mol. The van der Waals surface area contributed by atoms with Crippen molar-refractivity contribution in [1.82, 2.24) is 0 Å². The SMILES string of the molecule is CCCC1CCC(c2ccc(-c3ccc(C4CCC(CC)CC4)cc3F)cc2)CC1.CCCC1CCC(c2ccc(-c3ccc(C4CCC(CCC)CC4)cc3F)cc2)CC1.CCCCC1CCC(c2ccc(-c3ccc(C4CCC(CCC)CC4)cc3)c(F)c2)CC1.CCCCCC1CCC(c2ccc(-c3ccc(C4CCC(CCC)CC4)cc3)c(F)c2)CC1. The first-order valence-corrected chi connectivity index (χ1v) is 53.3. The van der Waals surface area contributed by atoms with E-state index in [4.69, 9.17) is 0 Å². The van der Waals surface area contributed by atoms with Gasteiger partial charge in [-0.15, -0.1) is 0 Å². The van der Waals surface area contributed by atoms with Crippen LogP contribution in [-0.2, 0) is 0 Å². The third-order valence-corrected chi connectivity index (χ3v) is 33.6. The van der Waals surface area contributed by atoms with Gasteiger partial charge >= 0.3 is 0 Å². The molecular formula is C122H168F4. The highest BCUT2D eigenvalue weighted by Crippen LogP contribution is 2.48. The molecule has 8 aliphatic rings. The molecule has 0 bridgehead atoms. The third kappa shape index (κ3) is 27.8. The van der Waals surface area contributed by atoms with Gasteiger partial charge in [-0.3, -0.25) is 0 Å². The van der Waals surface area contributed by atoms with Gasteiger partial charge in [-0.25, -0.2) is 17.6 Å². The topological polar surface area (TPSA) is 0 Å². The minimum absolute atomic E-state index is 0.0506. The van der Waals surface area contributed by atoms with Crippen LogP contribution in [0.15, 0.2) is 170 Å². The fourth-order valence-electron chi connectivity index (χ4n) is 25.4. The number of unbranched alkanes of at least 4 members (excludes halogenated alkanes) is 3. The van der Waals surface area contributed by atoms with E-state index in [0.717, 1.165) is 91.9 Å². The van der Waals surface area contributed by atoms with Gasteiger partial charge in [0.2, 0.25) is 0 Å². The first kappa shape index (κ1) is 97.0. The lowest BCUT2D eigenvalue weighted by Gasteiger charge is -2.29. The van der Waals surface area contributed by atoms with Crippen molar-refractivity contribution >= 4 is 0 Å². The van der Waals surface area contributed by atoms with E-state index in [1.165, 1.54) is 366 Å². The van der Waals surface area contributed by atoms with E-state index < -0.39 is 0 Å². The normalized spacial score (nSPS) is 26.4. The molecule has 684 valence electrons. The molecule has 0 radical (unpaired) electrons. The Balaban J connectivity index is 0.000000144. The van der Waals surface area contributed by atoms with Gasteiger partial charge in [0, 0.05) is 22.3 Å². The Labute approximate surface area is 765 Å². The maximum atomic E-state index is 15.1. The lowest BCUT2D eigenvalue weighted by atomic mass is 9.76. The Hall–Kier alpha value is -6.52. The van der Waals surface area contributed by atoms with E-state index >= 15 is 17.6 Å². The Kier molecular flexibility index (Phi) is 39.1. The molecule has 8 aliphatic carbocycles. The van der Waals surface area contributed by atoms with Crippen molar-refractivity contribution < 1.29 is 17.6 Å². The first-order chi connectivity index (χ1) is 61.7. The molecule has 0 amide bonds. The fourth-order valence-corrected chi connectivity index (χ4v) is 25.4. The van der Waals surface area contributed by atoms with E-state index in [0.29, 0.717) is 47.3 Å². The minimum Gasteiger partial charge on any atom is -0.206 e. The highest BCUT2D eigenvalue weighted by atomic mass is 19.1. The van der Waals surface area contributed by atoms with Crippen molar-refractivity contribution in [3.63, 3.8) is 0 Å². The second-order valence-corrected chi connectivity index (χ2v) is 42.2. The van der Waals surface area contributed by atoms with Crippen molar-refractivity contribution in [1.29, 1.82) is 0 Å². The molecule has 0 unspecified atom stereocenters. The lowest BCUT2D eigenvalue weighted by Crippen LogP contribution is -2.13. The second-order valence-electron chi connectivity index (χ2n) is 42.2. The number of rotatable bonds is 30.